The van der Waals surface area contributed by atoms with Gasteiger partial charge in [-0.2, -0.15) is 0 Å². The summed E-state index contributed by atoms with van der Waals surface area (Å²) in [6.07, 6.45) is 5.91. The molecule has 1 aromatic carbocycles. The van der Waals surface area contributed by atoms with E-state index in [0.717, 1.165) is 32.4 Å². The third kappa shape index (κ3) is 2.88. The predicted molar refractivity (Wildman–Crippen MR) is 71.1 cm³/mol. The number of methoxy groups -OCH3 is 1. The quantitative estimate of drug-likeness (QED) is 0.766. The summed E-state index contributed by atoms with van der Waals surface area (Å²) in [6.45, 7) is 1.67. The van der Waals surface area contributed by atoms with Gasteiger partial charge in [-0.3, -0.25) is 0 Å². The summed E-state index contributed by atoms with van der Waals surface area (Å²) in [4.78, 5) is 0. The van der Waals surface area contributed by atoms with Crippen molar-refractivity contribution in [1.29, 1.82) is 0 Å². The molecule has 0 spiro atoms. The molecule has 2 N–H and O–H groups in total. The lowest BCUT2D eigenvalue weighted by atomic mass is 9.80. The largest absolute Gasteiger partial charge is 0.385 e. The van der Waals surface area contributed by atoms with E-state index in [0.29, 0.717) is 5.41 Å². The van der Waals surface area contributed by atoms with Crippen molar-refractivity contribution in [2.45, 2.75) is 32.1 Å². The van der Waals surface area contributed by atoms with E-state index in [2.05, 4.69) is 24.3 Å². The van der Waals surface area contributed by atoms with Crippen LogP contribution in [0.2, 0.25) is 0 Å². The Balaban J connectivity index is 1.95. The van der Waals surface area contributed by atoms with Crippen LogP contribution in [0, 0.1) is 5.41 Å². The van der Waals surface area contributed by atoms with Crippen molar-refractivity contribution in [1.82, 2.24) is 0 Å². The maximum Gasteiger partial charge on any atom is 0.0462 e. The summed E-state index contributed by atoms with van der Waals surface area (Å²) in [5.41, 5.74) is 9.36. The van der Waals surface area contributed by atoms with Gasteiger partial charge < -0.3 is 10.5 Å². The molecule has 1 aromatic rings. The van der Waals surface area contributed by atoms with Gasteiger partial charge in [0.2, 0.25) is 0 Å². The van der Waals surface area contributed by atoms with Crippen molar-refractivity contribution >= 4 is 0 Å². The lowest BCUT2D eigenvalue weighted by molar-refractivity contribution is 0.183. The molecule has 17 heavy (non-hydrogen) atoms. The summed E-state index contributed by atoms with van der Waals surface area (Å²) in [5.74, 6) is 0. The van der Waals surface area contributed by atoms with Gasteiger partial charge >= 0.3 is 0 Å². The van der Waals surface area contributed by atoms with Crippen LogP contribution in [-0.4, -0.2) is 20.3 Å². The van der Waals surface area contributed by atoms with Gasteiger partial charge in [0.25, 0.3) is 0 Å². The topological polar surface area (TPSA) is 35.2 Å². The Morgan fingerprint density at radius 3 is 2.35 bits per heavy atom. The number of nitrogens with two attached hydrogens (primary N) is 1. The van der Waals surface area contributed by atoms with Crippen molar-refractivity contribution in [2.75, 3.05) is 20.3 Å². The van der Waals surface area contributed by atoms with Crippen molar-refractivity contribution in [3.63, 3.8) is 0 Å². The molecule has 0 radical (unpaired) electrons. The summed E-state index contributed by atoms with van der Waals surface area (Å²) in [7, 11) is 1.77. The number of benzene rings is 1. The molecular formula is C15H23NO. The number of rotatable bonds is 6. The fourth-order valence-electron chi connectivity index (χ4n) is 2.94. The zero-order valence-corrected chi connectivity index (χ0v) is 10.7. The van der Waals surface area contributed by atoms with Crippen LogP contribution >= 0.6 is 0 Å². The monoisotopic (exact) mass is 233 g/mol. The van der Waals surface area contributed by atoms with Crippen LogP contribution in [0.25, 0.3) is 0 Å². The van der Waals surface area contributed by atoms with Gasteiger partial charge in [-0.1, -0.05) is 30.7 Å². The SMILES string of the molecule is COCCCCC1(CN)Cc2ccccc2C1. The third-order valence-electron chi connectivity index (χ3n) is 3.99. The first kappa shape index (κ1) is 12.6. The van der Waals surface area contributed by atoms with Crippen LogP contribution in [0.5, 0.6) is 0 Å². The lowest BCUT2D eigenvalue weighted by Crippen LogP contribution is -2.31. The highest BCUT2D eigenvalue weighted by Crippen LogP contribution is 2.39. The maximum atomic E-state index is 6.03. The minimum Gasteiger partial charge on any atom is -0.385 e. The van der Waals surface area contributed by atoms with E-state index < -0.39 is 0 Å². The summed E-state index contributed by atoms with van der Waals surface area (Å²) < 4.78 is 5.10. The second kappa shape index (κ2) is 5.65. The average molecular weight is 233 g/mol. The Kier molecular flexibility index (Phi) is 4.19. The molecule has 2 nitrogen and oxygen atoms in total. The molecular weight excluding hydrogens is 210 g/mol. The summed E-state index contributed by atoms with van der Waals surface area (Å²) >= 11 is 0. The lowest BCUT2D eigenvalue weighted by Gasteiger charge is -2.27. The first-order valence-corrected chi connectivity index (χ1v) is 6.55. The molecule has 0 aliphatic heterocycles. The van der Waals surface area contributed by atoms with Gasteiger partial charge in [0, 0.05) is 13.7 Å². The number of fused-ring (bicyclic) bond motifs is 1. The second-order valence-electron chi connectivity index (χ2n) is 5.28. The number of hydrogen-bond acceptors (Lipinski definition) is 2. The van der Waals surface area contributed by atoms with E-state index >= 15 is 0 Å². The molecule has 0 unspecified atom stereocenters. The minimum absolute atomic E-state index is 0.317. The van der Waals surface area contributed by atoms with Crippen LogP contribution in [0.15, 0.2) is 24.3 Å². The molecule has 0 heterocycles. The standard InChI is InChI=1S/C15H23NO/c1-17-9-5-4-8-15(12-16)10-13-6-2-3-7-14(13)11-15/h2-3,6-7H,4-5,8-12,16H2,1H3. The average Bonchev–Trinajstić information content (AvgIpc) is 2.74. The highest BCUT2D eigenvalue weighted by molar-refractivity contribution is 5.34. The van der Waals surface area contributed by atoms with E-state index in [1.54, 1.807) is 7.11 Å². The molecule has 0 bridgehead atoms. The molecule has 94 valence electrons. The number of ether oxygens (including phenoxy) is 1. The summed E-state index contributed by atoms with van der Waals surface area (Å²) in [6, 6.07) is 8.77. The molecule has 0 saturated heterocycles. The van der Waals surface area contributed by atoms with Gasteiger partial charge in [0.1, 0.15) is 0 Å². The van der Waals surface area contributed by atoms with E-state index in [9.17, 15) is 0 Å². The zero-order chi connectivity index (χ0) is 12.1. The van der Waals surface area contributed by atoms with Gasteiger partial charge in [-0.25, -0.2) is 0 Å². The van der Waals surface area contributed by atoms with Crippen LogP contribution in [0.1, 0.15) is 30.4 Å². The third-order valence-corrected chi connectivity index (χ3v) is 3.99. The highest BCUT2D eigenvalue weighted by Gasteiger charge is 2.35. The van der Waals surface area contributed by atoms with E-state index in [4.69, 9.17) is 10.5 Å². The normalized spacial score (nSPS) is 17.1. The first-order valence-electron chi connectivity index (χ1n) is 6.55. The van der Waals surface area contributed by atoms with E-state index in [1.807, 2.05) is 0 Å². The fourth-order valence-corrected chi connectivity index (χ4v) is 2.94. The summed E-state index contributed by atoms with van der Waals surface area (Å²) in [5, 5.41) is 0. The molecule has 0 amide bonds. The second-order valence-corrected chi connectivity index (χ2v) is 5.28. The fraction of sp³-hybridized carbons (Fsp3) is 0.600. The highest BCUT2D eigenvalue weighted by atomic mass is 16.5. The molecule has 1 aliphatic carbocycles. The van der Waals surface area contributed by atoms with Gasteiger partial charge in [-0.15, -0.1) is 0 Å². The zero-order valence-electron chi connectivity index (χ0n) is 10.7. The van der Waals surface area contributed by atoms with E-state index in [1.165, 1.54) is 24.0 Å². The smallest absolute Gasteiger partial charge is 0.0462 e. The van der Waals surface area contributed by atoms with Crippen LogP contribution in [-0.2, 0) is 17.6 Å². The van der Waals surface area contributed by atoms with Gasteiger partial charge in [0.15, 0.2) is 0 Å². The van der Waals surface area contributed by atoms with Crippen LogP contribution < -0.4 is 5.73 Å². The Morgan fingerprint density at radius 1 is 1.18 bits per heavy atom. The van der Waals surface area contributed by atoms with Crippen LogP contribution in [0.4, 0.5) is 0 Å². The maximum absolute atomic E-state index is 6.03. The van der Waals surface area contributed by atoms with Gasteiger partial charge in [0.05, 0.1) is 0 Å². The first-order chi connectivity index (χ1) is 8.29. The Hall–Kier alpha value is -0.860. The minimum atomic E-state index is 0.317. The van der Waals surface area contributed by atoms with Crippen molar-refractivity contribution in [3.05, 3.63) is 35.4 Å². The molecule has 2 heteroatoms. The number of unbranched alkanes of at least 4 members (excludes halogenated alkanes) is 1. The molecule has 2 rings (SSSR count). The molecule has 0 atom stereocenters. The molecule has 0 saturated carbocycles. The molecule has 0 fully saturated rings. The predicted octanol–water partition coefficient (Wildman–Crippen LogP) is 2.55. The van der Waals surface area contributed by atoms with Gasteiger partial charge in [-0.05, 0) is 48.8 Å². The Morgan fingerprint density at radius 2 is 1.82 bits per heavy atom. The van der Waals surface area contributed by atoms with Crippen LogP contribution in [0.3, 0.4) is 0 Å². The molecule has 0 aromatic heterocycles. The Bertz CT molecular complexity index is 337. The van der Waals surface area contributed by atoms with Crippen molar-refractivity contribution in [2.24, 2.45) is 11.1 Å². The van der Waals surface area contributed by atoms with E-state index in [-0.39, 0.29) is 0 Å². The Labute approximate surface area is 104 Å². The van der Waals surface area contributed by atoms with Crippen molar-refractivity contribution in [3.8, 4) is 0 Å². The molecule has 1 aliphatic rings. The number of hydrogen-bond donors (Lipinski definition) is 1. The van der Waals surface area contributed by atoms with Crippen molar-refractivity contribution < 1.29 is 4.74 Å².